The number of benzene rings is 2. The highest BCUT2D eigenvalue weighted by Crippen LogP contribution is 2.41. The van der Waals surface area contributed by atoms with Gasteiger partial charge in [0.1, 0.15) is 16.3 Å². The molecular formula is C25H26N2O6S. The summed E-state index contributed by atoms with van der Waals surface area (Å²) < 4.78 is 10.9. The van der Waals surface area contributed by atoms with Gasteiger partial charge in [-0.25, -0.2) is 4.79 Å². The number of anilines is 1. The fourth-order valence-corrected chi connectivity index (χ4v) is 4.53. The molecule has 3 rings (SSSR count). The van der Waals surface area contributed by atoms with Crippen LogP contribution in [-0.4, -0.2) is 30.0 Å². The highest BCUT2D eigenvalue weighted by molar-refractivity contribution is 7.17. The first-order valence-corrected chi connectivity index (χ1v) is 11.7. The molecule has 1 amide bonds. The van der Waals surface area contributed by atoms with Crippen LogP contribution in [0.15, 0.2) is 48.5 Å². The zero-order chi connectivity index (χ0) is 24.7. The summed E-state index contributed by atoms with van der Waals surface area (Å²) in [4.78, 5) is 36.7. The third kappa shape index (κ3) is 6.20. The van der Waals surface area contributed by atoms with E-state index < -0.39 is 10.9 Å². The van der Waals surface area contributed by atoms with E-state index >= 15 is 0 Å². The van der Waals surface area contributed by atoms with Crippen LogP contribution < -0.4 is 10.1 Å². The van der Waals surface area contributed by atoms with Crippen molar-refractivity contribution < 1.29 is 24.0 Å². The van der Waals surface area contributed by atoms with Crippen molar-refractivity contribution in [1.29, 1.82) is 0 Å². The first kappa shape index (κ1) is 24.9. The number of non-ortho nitro benzene ring substituents is 1. The van der Waals surface area contributed by atoms with Gasteiger partial charge in [-0.15, -0.1) is 11.3 Å². The molecule has 0 aliphatic rings. The predicted molar refractivity (Wildman–Crippen MR) is 132 cm³/mol. The minimum absolute atomic E-state index is 0.0456. The Morgan fingerprint density at radius 1 is 1.12 bits per heavy atom. The lowest BCUT2D eigenvalue weighted by Crippen LogP contribution is -2.15. The molecule has 0 bridgehead atoms. The summed E-state index contributed by atoms with van der Waals surface area (Å²) in [5.74, 6) is -0.0419. The van der Waals surface area contributed by atoms with Crippen LogP contribution in [0.3, 0.4) is 0 Å². The molecule has 0 aliphatic heterocycles. The monoisotopic (exact) mass is 482 g/mol. The Balaban J connectivity index is 1.74. The number of thiophene rings is 1. The van der Waals surface area contributed by atoms with Gasteiger partial charge in [-0.2, -0.15) is 0 Å². The third-order valence-corrected chi connectivity index (χ3v) is 6.01. The summed E-state index contributed by atoms with van der Waals surface area (Å²) in [6, 6.07) is 13.6. The van der Waals surface area contributed by atoms with E-state index in [0.717, 1.165) is 16.2 Å². The van der Waals surface area contributed by atoms with E-state index in [1.54, 1.807) is 19.1 Å². The van der Waals surface area contributed by atoms with Crippen molar-refractivity contribution in [1.82, 2.24) is 0 Å². The maximum atomic E-state index is 12.8. The number of esters is 1. The number of rotatable bonds is 10. The Hall–Kier alpha value is -3.72. The molecule has 9 heteroatoms. The van der Waals surface area contributed by atoms with Crippen molar-refractivity contribution in [3.63, 3.8) is 0 Å². The topological polar surface area (TPSA) is 108 Å². The van der Waals surface area contributed by atoms with Gasteiger partial charge in [0, 0.05) is 29.0 Å². The lowest BCUT2D eigenvalue weighted by Gasteiger charge is -2.10. The van der Waals surface area contributed by atoms with Gasteiger partial charge in [0.15, 0.2) is 0 Å². The van der Waals surface area contributed by atoms with Crippen LogP contribution in [0, 0.1) is 24.0 Å². The standard InChI is InChI=1S/C25H26N2O6S/c1-4-32-25(29)23-22(18-10-12-19(13-11-18)27(30)31)17(3)34-24(23)26-21(28)9-6-14-33-20-8-5-7-16(2)15-20/h5,7-8,10-13,15H,4,6,9,14H2,1-3H3,(H,26,28). The van der Waals surface area contributed by atoms with E-state index in [9.17, 15) is 19.7 Å². The predicted octanol–water partition coefficient (Wildman–Crippen LogP) is 5.91. The number of hydrogen-bond donors (Lipinski definition) is 1. The highest BCUT2D eigenvalue weighted by Gasteiger charge is 2.25. The molecule has 0 radical (unpaired) electrons. The van der Waals surface area contributed by atoms with Crippen molar-refractivity contribution >= 4 is 33.9 Å². The molecule has 2 aromatic carbocycles. The Kier molecular flexibility index (Phi) is 8.37. The summed E-state index contributed by atoms with van der Waals surface area (Å²) in [6.45, 7) is 6.08. The van der Waals surface area contributed by atoms with Gasteiger partial charge in [0.05, 0.1) is 18.1 Å². The van der Waals surface area contributed by atoms with Crippen molar-refractivity contribution in [3.05, 3.63) is 74.6 Å². The van der Waals surface area contributed by atoms with Gasteiger partial charge in [-0.3, -0.25) is 14.9 Å². The maximum Gasteiger partial charge on any atom is 0.341 e. The van der Waals surface area contributed by atoms with Gasteiger partial charge in [0.25, 0.3) is 5.69 Å². The lowest BCUT2D eigenvalue weighted by molar-refractivity contribution is -0.384. The SMILES string of the molecule is CCOC(=O)c1c(NC(=O)CCCOc2cccc(C)c2)sc(C)c1-c1ccc([N+](=O)[O-])cc1. The number of ether oxygens (including phenoxy) is 2. The molecule has 1 N–H and O–H groups in total. The van der Waals surface area contributed by atoms with Crippen LogP contribution in [-0.2, 0) is 9.53 Å². The molecule has 0 saturated carbocycles. The first-order valence-electron chi connectivity index (χ1n) is 10.8. The van der Waals surface area contributed by atoms with Crippen LogP contribution in [0.4, 0.5) is 10.7 Å². The number of aryl methyl sites for hydroxylation is 2. The second-order valence-electron chi connectivity index (χ2n) is 7.58. The lowest BCUT2D eigenvalue weighted by atomic mass is 10.0. The molecular weight excluding hydrogens is 456 g/mol. The first-order chi connectivity index (χ1) is 16.3. The Bertz CT molecular complexity index is 1190. The van der Waals surface area contributed by atoms with Crippen molar-refractivity contribution in [3.8, 4) is 16.9 Å². The molecule has 8 nitrogen and oxygen atoms in total. The average molecular weight is 483 g/mol. The quantitative estimate of drug-likeness (QED) is 0.166. The largest absolute Gasteiger partial charge is 0.494 e. The molecule has 0 spiro atoms. The third-order valence-electron chi connectivity index (χ3n) is 4.99. The molecule has 34 heavy (non-hydrogen) atoms. The van der Waals surface area contributed by atoms with Gasteiger partial charge in [-0.05, 0) is 62.6 Å². The van der Waals surface area contributed by atoms with E-state index in [1.807, 2.05) is 38.1 Å². The van der Waals surface area contributed by atoms with Crippen molar-refractivity contribution in [2.75, 3.05) is 18.5 Å². The summed E-state index contributed by atoms with van der Waals surface area (Å²) >= 11 is 1.27. The zero-order valence-electron chi connectivity index (χ0n) is 19.3. The molecule has 3 aromatic rings. The number of nitro benzene ring substituents is 1. The molecule has 0 atom stereocenters. The average Bonchev–Trinajstić information content (AvgIpc) is 3.12. The van der Waals surface area contributed by atoms with Gasteiger partial charge in [-0.1, -0.05) is 12.1 Å². The number of nitrogens with one attached hydrogen (secondary N) is 1. The molecule has 0 aliphatic carbocycles. The minimum Gasteiger partial charge on any atom is -0.494 e. The summed E-state index contributed by atoms with van der Waals surface area (Å²) in [7, 11) is 0. The molecule has 178 valence electrons. The normalized spacial score (nSPS) is 10.6. The fraction of sp³-hybridized carbons (Fsp3) is 0.280. The fourth-order valence-electron chi connectivity index (χ4n) is 3.45. The second-order valence-corrected chi connectivity index (χ2v) is 8.80. The number of carbonyl (C=O) groups excluding carboxylic acids is 2. The van der Waals surface area contributed by atoms with E-state index in [2.05, 4.69) is 5.32 Å². The smallest absolute Gasteiger partial charge is 0.341 e. The van der Waals surface area contributed by atoms with Crippen LogP contribution in [0.1, 0.15) is 40.6 Å². The number of amides is 1. The Morgan fingerprint density at radius 3 is 2.50 bits per heavy atom. The van der Waals surface area contributed by atoms with Crippen LogP contribution in [0.2, 0.25) is 0 Å². The summed E-state index contributed by atoms with van der Waals surface area (Å²) in [6.07, 6.45) is 0.728. The van der Waals surface area contributed by atoms with Crippen LogP contribution in [0.5, 0.6) is 5.75 Å². The molecule has 0 fully saturated rings. The van der Waals surface area contributed by atoms with Gasteiger partial charge in [0.2, 0.25) is 5.91 Å². The molecule has 1 heterocycles. The summed E-state index contributed by atoms with van der Waals surface area (Å²) in [5.41, 5.74) is 2.53. The van der Waals surface area contributed by atoms with E-state index in [4.69, 9.17) is 9.47 Å². The minimum atomic E-state index is -0.557. The summed E-state index contributed by atoms with van der Waals surface area (Å²) in [5, 5.41) is 14.2. The number of carbonyl (C=O) groups is 2. The Morgan fingerprint density at radius 2 is 1.85 bits per heavy atom. The van der Waals surface area contributed by atoms with Crippen LogP contribution >= 0.6 is 11.3 Å². The highest BCUT2D eigenvalue weighted by atomic mass is 32.1. The molecule has 0 unspecified atom stereocenters. The van der Waals surface area contributed by atoms with E-state index in [-0.39, 0.29) is 30.2 Å². The van der Waals surface area contributed by atoms with Crippen molar-refractivity contribution in [2.45, 2.75) is 33.6 Å². The van der Waals surface area contributed by atoms with E-state index in [0.29, 0.717) is 29.2 Å². The maximum absolute atomic E-state index is 12.8. The van der Waals surface area contributed by atoms with Gasteiger partial charge < -0.3 is 14.8 Å². The molecule has 0 saturated heterocycles. The van der Waals surface area contributed by atoms with Gasteiger partial charge >= 0.3 is 5.97 Å². The van der Waals surface area contributed by atoms with E-state index in [1.165, 1.54) is 23.5 Å². The Labute approximate surface area is 201 Å². The number of nitrogens with zero attached hydrogens (tertiary/aromatic N) is 1. The number of nitro groups is 1. The van der Waals surface area contributed by atoms with Crippen molar-refractivity contribution in [2.24, 2.45) is 0 Å². The number of hydrogen-bond acceptors (Lipinski definition) is 7. The zero-order valence-corrected chi connectivity index (χ0v) is 20.1. The molecule has 1 aromatic heterocycles. The van der Waals surface area contributed by atoms with Crippen LogP contribution in [0.25, 0.3) is 11.1 Å². The second kappa shape index (κ2) is 11.4.